The molecule has 0 radical (unpaired) electrons. The minimum Gasteiger partial charge on any atom is -0.380 e. The van der Waals surface area contributed by atoms with Crippen molar-refractivity contribution >= 4 is 11.3 Å². The molecule has 0 aliphatic carbocycles. The molecule has 1 aliphatic rings. The number of nitrogens with zero attached hydrogens (tertiary/aromatic N) is 1. The van der Waals surface area contributed by atoms with Crippen molar-refractivity contribution in [2.45, 2.75) is 39.4 Å². The Morgan fingerprint density at radius 2 is 2.11 bits per heavy atom. The predicted molar refractivity (Wildman–Crippen MR) is 77.0 cm³/mol. The van der Waals surface area contributed by atoms with Crippen LogP contribution < -0.4 is 5.32 Å². The largest absolute Gasteiger partial charge is 0.380 e. The zero-order chi connectivity index (χ0) is 12.8. The molecule has 18 heavy (non-hydrogen) atoms. The van der Waals surface area contributed by atoms with E-state index in [1.54, 1.807) is 0 Å². The van der Waals surface area contributed by atoms with Crippen molar-refractivity contribution in [3.8, 4) is 0 Å². The third-order valence-electron chi connectivity index (χ3n) is 3.10. The van der Waals surface area contributed by atoms with Crippen LogP contribution in [0.3, 0.4) is 0 Å². The first-order valence-corrected chi connectivity index (χ1v) is 7.67. The van der Waals surface area contributed by atoms with Crippen molar-refractivity contribution in [3.05, 3.63) is 21.9 Å². The van der Waals surface area contributed by atoms with Gasteiger partial charge in [-0.3, -0.25) is 4.90 Å². The molecule has 0 saturated carbocycles. The Hall–Kier alpha value is -0.420. The van der Waals surface area contributed by atoms with Gasteiger partial charge in [-0.2, -0.15) is 0 Å². The standard InChI is InChI=1S/C14H24N2OS/c1-12(2)15-10-13-4-5-14(18-13)11-16-6-3-8-17-9-7-16/h4-5,12,15H,3,6-11H2,1-2H3. The molecule has 1 saturated heterocycles. The van der Waals surface area contributed by atoms with Gasteiger partial charge in [0.1, 0.15) is 0 Å². The third-order valence-corrected chi connectivity index (χ3v) is 4.17. The van der Waals surface area contributed by atoms with Crippen LogP contribution >= 0.6 is 11.3 Å². The summed E-state index contributed by atoms with van der Waals surface area (Å²) in [5.74, 6) is 0. The van der Waals surface area contributed by atoms with Crippen molar-refractivity contribution in [3.63, 3.8) is 0 Å². The van der Waals surface area contributed by atoms with Crippen LogP contribution in [0.4, 0.5) is 0 Å². The van der Waals surface area contributed by atoms with Crippen LogP contribution in [-0.4, -0.2) is 37.2 Å². The molecule has 0 bridgehead atoms. The second-order valence-electron chi connectivity index (χ2n) is 5.15. The zero-order valence-electron chi connectivity index (χ0n) is 11.4. The van der Waals surface area contributed by atoms with E-state index in [9.17, 15) is 0 Å². The highest BCUT2D eigenvalue weighted by atomic mass is 32.1. The maximum atomic E-state index is 5.48. The van der Waals surface area contributed by atoms with Crippen LogP contribution in [0, 0.1) is 0 Å². The molecule has 1 aromatic rings. The van der Waals surface area contributed by atoms with Crippen molar-refractivity contribution in [2.75, 3.05) is 26.3 Å². The SMILES string of the molecule is CC(C)NCc1ccc(CN2CCCOCC2)s1. The second kappa shape index (κ2) is 7.24. The fourth-order valence-corrected chi connectivity index (χ4v) is 3.09. The highest BCUT2D eigenvalue weighted by Crippen LogP contribution is 2.19. The fourth-order valence-electron chi connectivity index (χ4n) is 2.08. The maximum Gasteiger partial charge on any atom is 0.0593 e. The molecule has 2 rings (SSSR count). The monoisotopic (exact) mass is 268 g/mol. The lowest BCUT2D eigenvalue weighted by Gasteiger charge is -2.17. The highest BCUT2D eigenvalue weighted by molar-refractivity contribution is 7.11. The topological polar surface area (TPSA) is 24.5 Å². The van der Waals surface area contributed by atoms with E-state index >= 15 is 0 Å². The molecule has 0 spiro atoms. The van der Waals surface area contributed by atoms with Crippen LogP contribution in [0.25, 0.3) is 0 Å². The average molecular weight is 268 g/mol. The van der Waals surface area contributed by atoms with Gasteiger partial charge in [-0.1, -0.05) is 13.8 Å². The smallest absolute Gasteiger partial charge is 0.0593 e. The summed E-state index contributed by atoms with van der Waals surface area (Å²) in [6.07, 6.45) is 1.16. The van der Waals surface area contributed by atoms with E-state index < -0.39 is 0 Å². The first kappa shape index (κ1) is 14.0. The lowest BCUT2D eigenvalue weighted by atomic mass is 10.3. The number of ether oxygens (including phenoxy) is 1. The van der Waals surface area contributed by atoms with E-state index in [4.69, 9.17) is 4.74 Å². The molecule has 2 heterocycles. The predicted octanol–water partition coefficient (Wildman–Crippen LogP) is 2.47. The normalized spacial score (nSPS) is 18.2. The molecule has 0 atom stereocenters. The summed E-state index contributed by atoms with van der Waals surface area (Å²) in [6, 6.07) is 5.08. The number of hydrogen-bond donors (Lipinski definition) is 1. The number of nitrogens with one attached hydrogen (secondary N) is 1. The Morgan fingerprint density at radius 3 is 2.94 bits per heavy atom. The molecule has 4 heteroatoms. The zero-order valence-corrected chi connectivity index (χ0v) is 12.3. The molecular weight excluding hydrogens is 244 g/mol. The highest BCUT2D eigenvalue weighted by Gasteiger charge is 2.10. The summed E-state index contributed by atoms with van der Waals surface area (Å²) in [7, 11) is 0. The fraction of sp³-hybridized carbons (Fsp3) is 0.714. The molecule has 1 N–H and O–H groups in total. The molecule has 3 nitrogen and oxygen atoms in total. The molecule has 0 amide bonds. The van der Waals surface area contributed by atoms with Crippen LogP contribution in [0.2, 0.25) is 0 Å². The maximum absolute atomic E-state index is 5.48. The van der Waals surface area contributed by atoms with Gasteiger partial charge in [-0.05, 0) is 18.6 Å². The third kappa shape index (κ3) is 4.69. The van der Waals surface area contributed by atoms with Crippen LogP contribution in [-0.2, 0) is 17.8 Å². The molecule has 1 aromatic heterocycles. The van der Waals surface area contributed by atoms with E-state index in [1.165, 1.54) is 9.75 Å². The average Bonchev–Trinajstić information content (AvgIpc) is 2.62. The summed E-state index contributed by atoms with van der Waals surface area (Å²) in [5.41, 5.74) is 0. The second-order valence-corrected chi connectivity index (χ2v) is 6.40. The van der Waals surface area contributed by atoms with E-state index in [1.807, 2.05) is 11.3 Å². The Bertz CT molecular complexity index is 343. The van der Waals surface area contributed by atoms with Gasteiger partial charge in [0.25, 0.3) is 0 Å². The van der Waals surface area contributed by atoms with Crippen molar-refractivity contribution < 1.29 is 4.74 Å². The van der Waals surface area contributed by atoms with Crippen molar-refractivity contribution in [2.24, 2.45) is 0 Å². The van der Waals surface area contributed by atoms with Crippen LogP contribution in [0.5, 0.6) is 0 Å². The first-order valence-electron chi connectivity index (χ1n) is 6.85. The first-order chi connectivity index (χ1) is 8.74. The summed E-state index contributed by atoms with van der Waals surface area (Å²) in [6.45, 7) is 10.5. The Morgan fingerprint density at radius 1 is 1.28 bits per heavy atom. The minimum atomic E-state index is 0.554. The van der Waals surface area contributed by atoms with Gasteiger partial charge in [0.05, 0.1) is 6.61 Å². The summed E-state index contributed by atoms with van der Waals surface area (Å²) in [5, 5.41) is 3.47. The number of hydrogen-bond acceptors (Lipinski definition) is 4. The van der Waals surface area contributed by atoms with Gasteiger partial charge in [0, 0.05) is 48.6 Å². The minimum absolute atomic E-state index is 0.554. The Labute approximate surface area is 114 Å². The van der Waals surface area contributed by atoms with E-state index in [0.717, 1.165) is 45.8 Å². The number of thiophene rings is 1. The van der Waals surface area contributed by atoms with E-state index in [-0.39, 0.29) is 0 Å². The van der Waals surface area contributed by atoms with Crippen molar-refractivity contribution in [1.82, 2.24) is 10.2 Å². The van der Waals surface area contributed by atoms with E-state index in [2.05, 4.69) is 36.2 Å². The molecule has 0 aromatic carbocycles. The lowest BCUT2D eigenvalue weighted by Crippen LogP contribution is -2.25. The van der Waals surface area contributed by atoms with Crippen LogP contribution in [0.1, 0.15) is 30.0 Å². The summed E-state index contributed by atoms with van der Waals surface area (Å²) >= 11 is 1.93. The van der Waals surface area contributed by atoms with Gasteiger partial charge in [0.15, 0.2) is 0 Å². The Kier molecular flexibility index (Phi) is 5.63. The number of rotatable bonds is 5. The van der Waals surface area contributed by atoms with Gasteiger partial charge in [-0.15, -0.1) is 11.3 Å². The summed E-state index contributed by atoms with van der Waals surface area (Å²) in [4.78, 5) is 5.40. The molecule has 1 fully saturated rings. The lowest BCUT2D eigenvalue weighted by molar-refractivity contribution is 0.140. The Balaban J connectivity index is 1.81. The van der Waals surface area contributed by atoms with Gasteiger partial charge in [0.2, 0.25) is 0 Å². The molecule has 0 unspecified atom stereocenters. The summed E-state index contributed by atoms with van der Waals surface area (Å²) < 4.78 is 5.48. The molecular formula is C14H24N2OS. The van der Waals surface area contributed by atoms with Gasteiger partial charge in [-0.25, -0.2) is 0 Å². The van der Waals surface area contributed by atoms with Gasteiger partial charge >= 0.3 is 0 Å². The molecule has 1 aliphatic heterocycles. The van der Waals surface area contributed by atoms with Crippen molar-refractivity contribution in [1.29, 1.82) is 0 Å². The molecule has 102 valence electrons. The van der Waals surface area contributed by atoms with Gasteiger partial charge < -0.3 is 10.1 Å². The quantitative estimate of drug-likeness (QED) is 0.888. The van der Waals surface area contributed by atoms with E-state index in [0.29, 0.717) is 6.04 Å². The van der Waals surface area contributed by atoms with Crippen LogP contribution in [0.15, 0.2) is 12.1 Å².